The second kappa shape index (κ2) is 18.2. The van der Waals surface area contributed by atoms with Gasteiger partial charge >= 0.3 is 11.9 Å². The van der Waals surface area contributed by atoms with E-state index in [-0.39, 0.29) is 12.1 Å². The van der Waals surface area contributed by atoms with E-state index < -0.39 is 5.97 Å². The molecule has 0 spiro atoms. The first-order valence-corrected chi connectivity index (χ1v) is 17.1. The van der Waals surface area contributed by atoms with Crippen molar-refractivity contribution in [2.75, 3.05) is 6.61 Å². The number of hydrogen-bond donors (Lipinski definition) is 0. The Morgan fingerprint density at radius 2 is 1.24 bits per heavy atom. The molecule has 4 rings (SSSR count). The molecule has 0 aliphatic rings. The number of ether oxygens (including phenoxy) is 3. The molecule has 45 heavy (non-hydrogen) atoms. The van der Waals surface area contributed by atoms with Crippen LogP contribution in [0.25, 0.3) is 21.5 Å². The minimum Gasteiger partial charge on any atom is -0.494 e. The molecule has 0 N–H and O–H groups in total. The third-order valence-electron chi connectivity index (χ3n) is 8.37. The summed E-state index contributed by atoms with van der Waals surface area (Å²) in [6, 6.07) is 22.4. The molecule has 0 saturated heterocycles. The predicted octanol–water partition coefficient (Wildman–Crippen LogP) is 11.2. The van der Waals surface area contributed by atoms with Gasteiger partial charge in [-0.05, 0) is 90.9 Å². The lowest BCUT2D eigenvalue weighted by Crippen LogP contribution is -2.15. The molecule has 1 atom stereocenters. The van der Waals surface area contributed by atoms with Crippen molar-refractivity contribution < 1.29 is 23.8 Å². The molecule has 0 saturated carbocycles. The van der Waals surface area contributed by atoms with Gasteiger partial charge in [-0.15, -0.1) is 0 Å². The van der Waals surface area contributed by atoms with E-state index in [0.717, 1.165) is 59.6 Å². The van der Waals surface area contributed by atoms with E-state index in [1.54, 1.807) is 24.3 Å². The minimum atomic E-state index is -0.431. The highest BCUT2D eigenvalue weighted by Crippen LogP contribution is 2.29. The maximum Gasteiger partial charge on any atom is 0.343 e. The van der Waals surface area contributed by atoms with Crippen molar-refractivity contribution >= 4 is 33.5 Å². The number of carbonyl (C=O) groups excluding carboxylic acids is 2. The topological polar surface area (TPSA) is 61.8 Å². The lowest BCUT2D eigenvalue weighted by Gasteiger charge is -2.14. The smallest absolute Gasteiger partial charge is 0.343 e. The molecule has 0 heterocycles. The van der Waals surface area contributed by atoms with Crippen LogP contribution in [0.3, 0.4) is 0 Å². The van der Waals surface area contributed by atoms with Crippen molar-refractivity contribution in [3.8, 4) is 11.5 Å². The van der Waals surface area contributed by atoms with Gasteiger partial charge in [0.2, 0.25) is 0 Å². The molecular formula is C40H50O5. The molecule has 0 aromatic heterocycles. The average Bonchev–Trinajstić information content (AvgIpc) is 3.05. The summed E-state index contributed by atoms with van der Waals surface area (Å²) in [5.74, 6) is 0.535. The summed E-state index contributed by atoms with van der Waals surface area (Å²) < 4.78 is 17.5. The number of fused-ring (bicyclic) bond motifs is 2. The molecule has 0 aliphatic carbocycles. The molecule has 0 amide bonds. The molecule has 0 unspecified atom stereocenters. The number of hydrogen-bond acceptors (Lipinski definition) is 5. The van der Waals surface area contributed by atoms with Crippen molar-refractivity contribution in [2.24, 2.45) is 0 Å². The van der Waals surface area contributed by atoms with E-state index in [4.69, 9.17) is 14.2 Å². The van der Waals surface area contributed by atoms with Crippen molar-refractivity contribution in [1.29, 1.82) is 0 Å². The van der Waals surface area contributed by atoms with Gasteiger partial charge < -0.3 is 14.2 Å². The predicted molar refractivity (Wildman–Crippen MR) is 185 cm³/mol. The fourth-order valence-corrected chi connectivity index (χ4v) is 5.66. The largest absolute Gasteiger partial charge is 0.494 e. The standard InChI is InChI=1S/C40H50O5/c1-4-6-8-10-11-12-13-15-26-43-36-24-22-31-27-34(21-20-32(31)29-36)40(42)45-38-19-16-18-33-28-35(23-25-37(33)38)39(41)44-30(3)17-14-9-7-5-2/h16,18-25,27-30H,4-15,17,26H2,1-3H3/t30-/m1/s1. The van der Waals surface area contributed by atoms with Crippen LogP contribution < -0.4 is 9.47 Å². The van der Waals surface area contributed by atoms with Crippen LogP contribution in [-0.4, -0.2) is 24.6 Å². The van der Waals surface area contributed by atoms with Crippen LogP contribution in [0.15, 0.2) is 72.8 Å². The fraction of sp³-hybridized carbons (Fsp3) is 0.450. The monoisotopic (exact) mass is 610 g/mol. The van der Waals surface area contributed by atoms with E-state index in [1.807, 2.05) is 55.5 Å². The van der Waals surface area contributed by atoms with E-state index in [9.17, 15) is 9.59 Å². The minimum absolute atomic E-state index is 0.127. The fourth-order valence-electron chi connectivity index (χ4n) is 5.66. The second-order valence-corrected chi connectivity index (χ2v) is 12.2. The summed E-state index contributed by atoms with van der Waals surface area (Å²) in [7, 11) is 0. The average molecular weight is 611 g/mol. The first-order valence-electron chi connectivity index (χ1n) is 17.1. The highest BCUT2D eigenvalue weighted by atomic mass is 16.5. The third kappa shape index (κ3) is 10.6. The lowest BCUT2D eigenvalue weighted by atomic mass is 10.1. The van der Waals surface area contributed by atoms with Gasteiger partial charge in [0.15, 0.2) is 0 Å². The molecule has 5 heteroatoms. The second-order valence-electron chi connectivity index (χ2n) is 12.2. The van der Waals surface area contributed by atoms with Gasteiger partial charge in [-0.2, -0.15) is 0 Å². The summed E-state index contributed by atoms with van der Waals surface area (Å²) in [6.07, 6.45) is 15.5. The number of rotatable bonds is 19. The van der Waals surface area contributed by atoms with Crippen LogP contribution >= 0.6 is 0 Å². The van der Waals surface area contributed by atoms with Crippen LogP contribution in [-0.2, 0) is 4.74 Å². The van der Waals surface area contributed by atoms with Gasteiger partial charge in [-0.3, -0.25) is 0 Å². The lowest BCUT2D eigenvalue weighted by molar-refractivity contribution is 0.0319. The molecule has 240 valence electrons. The van der Waals surface area contributed by atoms with Crippen molar-refractivity contribution in [3.05, 3.63) is 83.9 Å². The Hall–Kier alpha value is -3.86. The van der Waals surface area contributed by atoms with Crippen molar-refractivity contribution in [2.45, 2.75) is 110 Å². The molecule has 0 radical (unpaired) electrons. The van der Waals surface area contributed by atoms with Crippen LogP contribution in [0, 0.1) is 0 Å². The first kappa shape index (κ1) is 34.0. The summed E-state index contributed by atoms with van der Waals surface area (Å²) >= 11 is 0. The molecule has 0 bridgehead atoms. The molecule has 4 aromatic rings. The third-order valence-corrected chi connectivity index (χ3v) is 8.37. The Labute approximate surface area is 269 Å². The van der Waals surface area contributed by atoms with Gasteiger partial charge in [0.1, 0.15) is 11.5 Å². The molecular weight excluding hydrogens is 560 g/mol. The first-order chi connectivity index (χ1) is 22.0. The van der Waals surface area contributed by atoms with E-state index in [2.05, 4.69) is 13.8 Å². The summed E-state index contributed by atoms with van der Waals surface area (Å²) in [6.45, 7) is 7.10. The highest BCUT2D eigenvalue weighted by Gasteiger charge is 2.16. The Kier molecular flexibility index (Phi) is 13.8. The van der Waals surface area contributed by atoms with Crippen LogP contribution in [0.5, 0.6) is 11.5 Å². The van der Waals surface area contributed by atoms with Gasteiger partial charge in [-0.1, -0.05) is 102 Å². The van der Waals surface area contributed by atoms with E-state index in [0.29, 0.717) is 16.9 Å². The maximum atomic E-state index is 13.2. The van der Waals surface area contributed by atoms with Gasteiger partial charge in [0.05, 0.1) is 23.8 Å². The van der Waals surface area contributed by atoms with Crippen molar-refractivity contribution in [3.63, 3.8) is 0 Å². The number of carbonyl (C=O) groups is 2. The number of benzene rings is 4. The van der Waals surface area contributed by atoms with Gasteiger partial charge in [0, 0.05) is 5.39 Å². The highest BCUT2D eigenvalue weighted by molar-refractivity contribution is 6.00. The Bertz CT molecular complexity index is 1520. The van der Waals surface area contributed by atoms with Crippen LogP contribution in [0.4, 0.5) is 0 Å². The Balaban J connectivity index is 1.31. The summed E-state index contributed by atoms with van der Waals surface area (Å²) in [4.78, 5) is 25.9. The Morgan fingerprint density at radius 3 is 2.02 bits per heavy atom. The zero-order chi connectivity index (χ0) is 31.9. The van der Waals surface area contributed by atoms with Gasteiger partial charge in [0.25, 0.3) is 0 Å². The number of esters is 2. The number of unbranched alkanes of at least 4 members (excludes halogenated alkanes) is 10. The Morgan fingerprint density at radius 1 is 0.622 bits per heavy atom. The van der Waals surface area contributed by atoms with Gasteiger partial charge in [-0.25, -0.2) is 9.59 Å². The molecule has 0 aliphatic heterocycles. The normalized spacial score (nSPS) is 11.9. The molecule has 0 fully saturated rings. The summed E-state index contributed by atoms with van der Waals surface area (Å²) in [5, 5.41) is 3.53. The zero-order valence-corrected chi connectivity index (χ0v) is 27.4. The van der Waals surface area contributed by atoms with Crippen LogP contribution in [0.1, 0.15) is 125 Å². The molecule has 4 aromatic carbocycles. The maximum absolute atomic E-state index is 13.2. The van der Waals surface area contributed by atoms with Crippen LogP contribution in [0.2, 0.25) is 0 Å². The quantitative estimate of drug-likeness (QED) is 0.0600. The molecule has 5 nitrogen and oxygen atoms in total. The van der Waals surface area contributed by atoms with Crippen molar-refractivity contribution in [1.82, 2.24) is 0 Å². The van der Waals surface area contributed by atoms with E-state index >= 15 is 0 Å². The van der Waals surface area contributed by atoms with E-state index in [1.165, 1.54) is 57.8 Å². The summed E-state index contributed by atoms with van der Waals surface area (Å²) in [5.41, 5.74) is 0.960. The zero-order valence-electron chi connectivity index (χ0n) is 27.4. The SMILES string of the molecule is CCCCCCCCCCOc1ccc2cc(C(=O)Oc3cccc4cc(C(=O)O[C@H](C)CCCCCC)ccc34)ccc2c1.